The van der Waals surface area contributed by atoms with Crippen LogP contribution in [0.1, 0.15) is 28.9 Å². The van der Waals surface area contributed by atoms with Gasteiger partial charge >= 0.3 is 0 Å². The maximum Gasteiger partial charge on any atom is 0.281 e. The maximum atomic E-state index is 13.4. The molecule has 2 heterocycles. The first-order chi connectivity index (χ1) is 14.6. The Labute approximate surface area is 169 Å². The molecule has 0 saturated carbocycles. The minimum Gasteiger partial charge on any atom is -0.294 e. The number of H-pyrrole nitrogens is 1. The number of rotatable bonds is 3. The molecule has 5 rings (SSSR count). The number of pyridine rings is 1. The van der Waals surface area contributed by atoms with Gasteiger partial charge < -0.3 is 0 Å². The van der Waals surface area contributed by atoms with Gasteiger partial charge in [0.05, 0.1) is 27.3 Å². The molecular weight excluding hydrogens is 384 g/mol. The SMILES string of the molecule is O=C1CCCc2nc3[nH]n(-c4ccccc4)c(=O)c3c(-c3ccccc3[N+](=O)[O-])c21. The highest BCUT2D eigenvalue weighted by atomic mass is 16.6. The molecule has 1 aliphatic carbocycles. The second-order valence-electron chi connectivity index (χ2n) is 7.17. The predicted octanol–water partition coefficient (Wildman–Crippen LogP) is 3.81. The number of para-hydroxylation sites is 2. The van der Waals surface area contributed by atoms with Crippen LogP contribution in [0, 0.1) is 10.1 Å². The summed E-state index contributed by atoms with van der Waals surface area (Å²) in [4.78, 5) is 42.0. The summed E-state index contributed by atoms with van der Waals surface area (Å²) in [7, 11) is 0. The van der Waals surface area contributed by atoms with E-state index in [1.54, 1.807) is 42.5 Å². The average Bonchev–Trinajstić information content (AvgIpc) is 3.09. The molecule has 2 aromatic carbocycles. The molecule has 30 heavy (non-hydrogen) atoms. The Bertz CT molecular complexity index is 1390. The van der Waals surface area contributed by atoms with E-state index in [2.05, 4.69) is 10.1 Å². The lowest BCUT2D eigenvalue weighted by Crippen LogP contribution is -2.18. The van der Waals surface area contributed by atoms with Crippen molar-refractivity contribution >= 4 is 22.5 Å². The normalized spacial score (nSPS) is 13.4. The Balaban J connectivity index is 1.95. The van der Waals surface area contributed by atoms with Crippen molar-refractivity contribution in [1.29, 1.82) is 0 Å². The van der Waals surface area contributed by atoms with Crippen molar-refractivity contribution in [2.24, 2.45) is 0 Å². The zero-order chi connectivity index (χ0) is 20.8. The Morgan fingerprint density at radius 3 is 2.47 bits per heavy atom. The van der Waals surface area contributed by atoms with Crippen molar-refractivity contribution in [3.05, 3.63) is 86.3 Å². The molecule has 0 bridgehead atoms. The number of nitro benzene ring substituents is 1. The minimum atomic E-state index is -0.496. The van der Waals surface area contributed by atoms with Gasteiger partial charge in [0.15, 0.2) is 11.4 Å². The van der Waals surface area contributed by atoms with Crippen molar-refractivity contribution in [3.8, 4) is 16.8 Å². The van der Waals surface area contributed by atoms with E-state index in [-0.39, 0.29) is 22.4 Å². The molecule has 0 fully saturated rings. The molecule has 0 saturated heterocycles. The van der Waals surface area contributed by atoms with Gasteiger partial charge in [-0.2, -0.15) is 0 Å². The maximum absolute atomic E-state index is 13.4. The van der Waals surface area contributed by atoms with Gasteiger partial charge in [-0.1, -0.05) is 30.3 Å². The molecule has 8 heteroatoms. The van der Waals surface area contributed by atoms with E-state index in [1.807, 2.05) is 6.07 Å². The van der Waals surface area contributed by atoms with E-state index >= 15 is 0 Å². The van der Waals surface area contributed by atoms with Crippen LogP contribution < -0.4 is 5.56 Å². The van der Waals surface area contributed by atoms with E-state index in [0.717, 1.165) is 0 Å². The number of aromatic nitrogens is 3. The largest absolute Gasteiger partial charge is 0.294 e. The molecule has 0 radical (unpaired) electrons. The molecule has 0 aliphatic heterocycles. The third kappa shape index (κ3) is 2.65. The van der Waals surface area contributed by atoms with Crippen molar-refractivity contribution in [2.75, 3.05) is 0 Å². The van der Waals surface area contributed by atoms with Gasteiger partial charge in [-0.3, -0.25) is 24.8 Å². The number of Topliss-reactive ketones (excluding diaryl/α,β-unsaturated/α-hetero) is 1. The van der Waals surface area contributed by atoms with Crippen molar-refractivity contribution in [3.63, 3.8) is 0 Å². The zero-order valence-corrected chi connectivity index (χ0v) is 15.8. The molecule has 0 unspecified atom stereocenters. The summed E-state index contributed by atoms with van der Waals surface area (Å²) in [6, 6.07) is 15.2. The Hall–Kier alpha value is -4.07. The standard InChI is InChI=1S/C22H16N4O4/c27-17-12-6-10-15-19(17)18(14-9-4-5-11-16(14)26(29)30)20-21(23-15)24-25(22(20)28)13-7-2-1-3-8-13/h1-5,7-9,11H,6,10,12H2,(H,23,24). The topological polar surface area (TPSA) is 111 Å². The molecule has 0 atom stereocenters. The summed E-state index contributed by atoms with van der Waals surface area (Å²) < 4.78 is 1.35. The third-order valence-electron chi connectivity index (χ3n) is 5.39. The van der Waals surface area contributed by atoms with Crippen LogP contribution in [0.2, 0.25) is 0 Å². The fraction of sp³-hybridized carbons (Fsp3) is 0.136. The van der Waals surface area contributed by atoms with Crippen LogP contribution in [-0.2, 0) is 6.42 Å². The zero-order valence-electron chi connectivity index (χ0n) is 15.8. The smallest absolute Gasteiger partial charge is 0.281 e. The third-order valence-corrected chi connectivity index (χ3v) is 5.39. The van der Waals surface area contributed by atoms with Crippen LogP contribution in [0.25, 0.3) is 27.8 Å². The van der Waals surface area contributed by atoms with Crippen LogP contribution >= 0.6 is 0 Å². The summed E-state index contributed by atoms with van der Waals surface area (Å²) in [6.45, 7) is 0. The molecule has 1 N–H and O–H groups in total. The first-order valence-corrected chi connectivity index (χ1v) is 9.56. The van der Waals surface area contributed by atoms with E-state index < -0.39 is 10.5 Å². The molecule has 0 spiro atoms. The number of hydrogen-bond acceptors (Lipinski definition) is 5. The lowest BCUT2D eigenvalue weighted by atomic mass is 9.86. The van der Waals surface area contributed by atoms with Gasteiger partial charge in [0, 0.05) is 23.6 Å². The fourth-order valence-corrected chi connectivity index (χ4v) is 4.09. The molecule has 1 aliphatic rings. The second-order valence-corrected chi connectivity index (χ2v) is 7.17. The van der Waals surface area contributed by atoms with Crippen LogP contribution in [0.4, 0.5) is 5.69 Å². The average molecular weight is 400 g/mol. The van der Waals surface area contributed by atoms with Gasteiger partial charge in [0.2, 0.25) is 0 Å². The number of hydrogen-bond donors (Lipinski definition) is 1. The molecular formula is C22H16N4O4. The first kappa shape index (κ1) is 18.0. The summed E-state index contributed by atoms with van der Waals surface area (Å²) in [6.07, 6.45) is 1.55. The van der Waals surface area contributed by atoms with Crippen molar-refractivity contribution in [2.45, 2.75) is 19.3 Å². The first-order valence-electron chi connectivity index (χ1n) is 9.56. The van der Waals surface area contributed by atoms with Gasteiger partial charge in [-0.25, -0.2) is 9.67 Å². The number of aromatic amines is 1. The van der Waals surface area contributed by atoms with Gasteiger partial charge in [0.1, 0.15) is 0 Å². The molecule has 2 aromatic heterocycles. The Morgan fingerprint density at radius 2 is 1.70 bits per heavy atom. The van der Waals surface area contributed by atoms with Crippen molar-refractivity contribution < 1.29 is 9.72 Å². The van der Waals surface area contributed by atoms with Crippen LogP contribution in [-0.4, -0.2) is 25.5 Å². The summed E-state index contributed by atoms with van der Waals surface area (Å²) in [5.74, 6) is -0.148. The number of carbonyl (C=O) groups excluding carboxylic acids is 1. The molecule has 4 aromatic rings. The monoisotopic (exact) mass is 400 g/mol. The van der Waals surface area contributed by atoms with Crippen LogP contribution in [0.15, 0.2) is 59.4 Å². The highest BCUT2D eigenvalue weighted by Gasteiger charge is 2.31. The second kappa shape index (κ2) is 6.77. The summed E-state index contributed by atoms with van der Waals surface area (Å²) in [5, 5.41) is 14.9. The number of nitrogens with one attached hydrogen (secondary N) is 1. The summed E-state index contributed by atoms with van der Waals surface area (Å²) >= 11 is 0. The lowest BCUT2D eigenvalue weighted by molar-refractivity contribution is -0.384. The lowest BCUT2D eigenvalue weighted by Gasteiger charge is -2.18. The van der Waals surface area contributed by atoms with Crippen molar-refractivity contribution in [1.82, 2.24) is 14.8 Å². The van der Waals surface area contributed by atoms with Crippen LogP contribution in [0.5, 0.6) is 0 Å². The van der Waals surface area contributed by atoms with Gasteiger partial charge in [-0.15, -0.1) is 0 Å². The van der Waals surface area contributed by atoms with E-state index in [9.17, 15) is 19.7 Å². The molecule has 148 valence electrons. The van der Waals surface area contributed by atoms with E-state index in [4.69, 9.17) is 0 Å². The summed E-state index contributed by atoms with van der Waals surface area (Å²) in [5.41, 5.74) is 1.78. The number of ketones is 1. The van der Waals surface area contributed by atoms with Crippen LogP contribution in [0.3, 0.4) is 0 Å². The Kier molecular flexibility index (Phi) is 4.06. The highest BCUT2D eigenvalue weighted by molar-refractivity contribution is 6.11. The quantitative estimate of drug-likeness (QED) is 0.415. The molecule has 8 nitrogen and oxygen atoms in total. The fourth-order valence-electron chi connectivity index (χ4n) is 4.09. The predicted molar refractivity (Wildman–Crippen MR) is 111 cm³/mol. The van der Waals surface area contributed by atoms with Gasteiger partial charge in [-0.05, 0) is 31.0 Å². The highest BCUT2D eigenvalue weighted by Crippen LogP contribution is 2.39. The van der Waals surface area contributed by atoms with Gasteiger partial charge in [0.25, 0.3) is 11.2 Å². The minimum absolute atomic E-state index is 0.148. The number of aryl methyl sites for hydroxylation is 1. The van der Waals surface area contributed by atoms with E-state index in [1.165, 1.54) is 10.7 Å². The number of nitro groups is 1. The number of nitrogens with zero attached hydrogens (tertiary/aromatic N) is 3. The molecule has 0 amide bonds. The Morgan fingerprint density at radius 1 is 0.967 bits per heavy atom. The number of benzene rings is 2. The number of carbonyl (C=O) groups is 1. The number of fused-ring (bicyclic) bond motifs is 2. The van der Waals surface area contributed by atoms with E-state index in [0.29, 0.717) is 47.4 Å².